The first-order valence-corrected chi connectivity index (χ1v) is 8.77. The van der Waals surface area contributed by atoms with Crippen LogP contribution >= 0.6 is 0 Å². The lowest BCUT2D eigenvalue weighted by Crippen LogP contribution is -2.59. The predicted octanol–water partition coefficient (Wildman–Crippen LogP) is 3.00. The average Bonchev–Trinajstić information content (AvgIpc) is 2.68. The molecule has 2 bridgehead atoms. The van der Waals surface area contributed by atoms with Crippen LogP contribution in [0, 0.1) is 5.92 Å². The third kappa shape index (κ3) is 3.59. The Labute approximate surface area is 139 Å². The Hall–Kier alpha value is -0.970. The smallest absolute Gasteiger partial charge is 0.0910 e. The summed E-state index contributed by atoms with van der Waals surface area (Å²) in [5.41, 5.74) is 0.381. The Morgan fingerprint density at radius 2 is 2.13 bits per heavy atom. The van der Waals surface area contributed by atoms with Crippen molar-refractivity contribution >= 4 is 0 Å². The summed E-state index contributed by atoms with van der Waals surface area (Å²) in [6.45, 7) is 10.1. The van der Waals surface area contributed by atoms with Crippen LogP contribution in [-0.4, -0.2) is 44.8 Å². The summed E-state index contributed by atoms with van der Waals surface area (Å²) < 4.78 is 5.81. The summed E-state index contributed by atoms with van der Waals surface area (Å²) in [5, 5.41) is 11.1. The van der Waals surface area contributed by atoms with Crippen LogP contribution in [0.3, 0.4) is 0 Å². The van der Waals surface area contributed by atoms with Crippen molar-refractivity contribution in [1.82, 2.24) is 9.88 Å². The lowest BCUT2D eigenvalue weighted by atomic mass is 9.83. The molecular weight excluding hydrogens is 288 g/mol. The van der Waals surface area contributed by atoms with Crippen LogP contribution in [0.5, 0.6) is 0 Å². The maximum Gasteiger partial charge on any atom is 0.0910 e. The van der Waals surface area contributed by atoms with E-state index < -0.39 is 5.60 Å². The summed E-state index contributed by atoms with van der Waals surface area (Å²) in [6, 6.07) is 6.74. The zero-order valence-corrected chi connectivity index (χ0v) is 14.8. The second kappa shape index (κ2) is 6.15. The van der Waals surface area contributed by atoms with Crippen molar-refractivity contribution in [2.24, 2.45) is 5.92 Å². The molecule has 0 amide bonds. The lowest BCUT2D eigenvalue weighted by Gasteiger charge is -2.50. The fraction of sp³-hybridized carbons (Fsp3) is 0.737. The number of aliphatic hydroxyl groups is 1. The fourth-order valence-electron chi connectivity index (χ4n) is 4.63. The minimum Gasteiger partial charge on any atom is -0.387 e. The van der Waals surface area contributed by atoms with Gasteiger partial charge in [-0.3, -0.25) is 9.88 Å². The van der Waals surface area contributed by atoms with Crippen LogP contribution < -0.4 is 0 Å². The van der Waals surface area contributed by atoms with Crippen LogP contribution in [0.25, 0.3) is 0 Å². The number of hydrogen-bond donors (Lipinski definition) is 1. The molecule has 4 nitrogen and oxygen atoms in total. The highest BCUT2D eigenvalue weighted by Crippen LogP contribution is 2.47. The molecular formula is C19H30N2O2. The highest BCUT2D eigenvalue weighted by Gasteiger charge is 2.53. The quantitative estimate of drug-likeness (QED) is 0.927. The van der Waals surface area contributed by atoms with Gasteiger partial charge >= 0.3 is 0 Å². The van der Waals surface area contributed by atoms with Crippen molar-refractivity contribution in [3.63, 3.8) is 0 Å². The lowest BCUT2D eigenvalue weighted by molar-refractivity contribution is -0.121. The Kier molecular flexibility index (Phi) is 4.51. The zero-order valence-electron chi connectivity index (χ0n) is 14.8. The van der Waals surface area contributed by atoms with Gasteiger partial charge in [-0.05, 0) is 58.1 Å². The number of rotatable bonds is 4. The molecule has 3 rings (SSSR count). The molecule has 2 aliphatic heterocycles. The standard InChI is InChI=1S/C19H30N2O2/c1-14-9-16-10-19(22,11-17(14)21(16)18(2,3)4)13-23-12-15-7-5-6-8-20-15/h5-8,14,16-17,22H,9-13H2,1-4H3/t14-,16?,17?,19-/m1/s1. The van der Waals surface area contributed by atoms with Crippen molar-refractivity contribution in [2.75, 3.05) is 6.61 Å². The second-order valence-electron chi connectivity index (χ2n) is 8.46. The van der Waals surface area contributed by atoms with Crippen LogP contribution in [-0.2, 0) is 11.3 Å². The summed E-state index contributed by atoms with van der Waals surface area (Å²) in [5.74, 6) is 0.643. The van der Waals surface area contributed by atoms with Gasteiger partial charge in [0.2, 0.25) is 0 Å². The molecule has 1 aromatic rings. The molecule has 2 saturated heterocycles. The fourth-order valence-corrected chi connectivity index (χ4v) is 4.63. The van der Waals surface area contributed by atoms with Gasteiger partial charge in [0.15, 0.2) is 0 Å². The molecule has 0 aliphatic carbocycles. The first kappa shape index (κ1) is 16.9. The molecule has 128 valence electrons. The van der Waals surface area contributed by atoms with Crippen molar-refractivity contribution in [2.45, 2.75) is 76.8 Å². The van der Waals surface area contributed by atoms with Gasteiger partial charge in [0.25, 0.3) is 0 Å². The maximum atomic E-state index is 11.1. The van der Waals surface area contributed by atoms with Gasteiger partial charge in [0.05, 0.1) is 24.5 Å². The molecule has 4 heteroatoms. The second-order valence-corrected chi connectivity index (χ2v) is 8.46. The van der Waals surface area contributed by atoms with Gasteiger partial charge < -0.3 is 9.84 Å². The molecule has 2 unspecified atom stereocenters. The number of pyridine rings is 1. The number of ether oxygens (including phenoxy) is 1. The van der Waals surface area contributed by atoms with E-state index in [0.29, 0.717) is 31.2 Å². The largest absolute Gasteiger partial charge is 0.387 e. The molecule has 0 radical (unpaired) electrons. The van der Waals surface area contributed by atoms with E-state index in [1.807, 2.05) is 18.2 Å². The summed E-state index contributed by atoms with van der Waals surface area (Å²) in [7, 11) is 0. The molecule has 0 aromatic carbocycles. The summed E-state index contributed by atoms with van der Waals surface area (Å²) >= 11 is 0. The number of hydrogen-bond acceptors (Lipinski definition) is 4. The Balaban J connectivity index is 1.61. The predicted molar refractivity (Wildman–Crippen MR) is 91.0 cm³/mol. The van der Waals surface area contributed by atoms with Gasteiger partial charge in [0, 0.05) is 23.8 Å². The molecule has 4 atom stereocenters. The van der Waals surface area contributed by atoms with Gasteiger partial charge in [-0.2, -0.15) is 0 Å². The first-order valence-electron chi connectivity index (χ1n) is 8.77. The van der Waals surface area contributed by atoms with E-state index in [1.54, 1.807) is 6.20 Å². The Morgan fingerprint density at radius 3 is 2.74 bits per heavy atom. The summed E-state index contributed by atoms with van der Waals surface area (Å²) in [4.78, 5) is 6.90. The highest BCUT2D eigenvalue weighted by molar-refractivity contribution is 5.08. The van der Waals surface area contributed by atoms with E-state index in [0.717, 1.165) is 18.5 Å². The summed E-state index contributed by atoms with van der Waals surface area (Å²) in [6.07, 6.45) is 4.58. The van der Waals surface area contributed by atoms with Crippen LogP contribution in [0.1, 0.15) is 52.7 Å². The Morgan fingerprint density at radius 1 is 1.35 bits per heavy atom. The van der Waals surface area contributed by atoms with Crippen molar-refractivity contribution in [1.29, 1.82) is 0 Å². The van der Waals surface area contributed by atoms with Gasteiger partial charge in [-0.1, -0.05) is 13.0 Å². The van der Waals surface area contributed by atoms with E-state index in [-0.39, 0.29) is 5.54 Å². The molecule has 0 saturated carbocycles. The van der Waals surface area contributed by atoms with E-state index in [4.69, 9.17) is 4.74 Å². The van der Waals surface area contributed by atoms with Crippen LogP contribution in [0.15, 0.2) is 24.4 Å². The number of nitrogens with zero attached hydrogens (tertiary/aromatic N) is 2. The van der Waals surface area contributed by atoms with Crippen LogP contribution in [0.4, 0.5) is 0 Å². The molecule has 2 aliphatic rings. The van der Waals surface area contributed by atoms with Gasteiger partial charge in [-0.25, -0.2) is 0 Å². The normalized spacial score (nSPS) is 34.7. The molecule has 2 fully saturated rings. The first-order chi connectivity index (χ1) is 10.8. The topological polar surface area (TPSA) is 45.6 Å². The van der Waals surface area contributed by atoms with E-state index in [2.05, 4.69) is 37.6 Å². The number of fused-ring (bicyclic) bond motifs is 2. The third-order valence-corrected chi connectivity index (χ3v) is 5.38. The number of piperidine rings is 1. The highest BCUT2D eigenvalue weighted by atomic mass is 16.5. The Bertz CT molecular complexity index is 528. The van der Waals surface area contributed by atoms with Gasteiger partial charge in [0.1, 0.15) is 0 Å². The minimum absolute atomic E-state index is 0.163. The number of aromatic nitrogens is 1. The van der Waals surface area contributed by atoms with E-state index >= 15 is 0 Å². The third-order valence-electron chi connectivity index (χ3n) is 5.38. The average molecular weight is 318 g/mol. The van der Waals surface area contributed by atoms with Crippen LogP contribution in [0.2, 0.25) is 0 Å². The molecule has 0 spiro atoms. The molecule has 1 N–H and O–H groups in total. The molecule has 3 heterocycles. The monoisotopic (exact) mass is 318 g/mol. The minimum atomic E-state index is -0.698. The molecule has 23 heavy (non-hydrogen) atoms. The van der Waals surface area contributed by atoms with Crippen molar-refractivity contribution in [3.05, 3.63) is 30.1 Å². The SMILES string of the molecule is C[C@@H]1CC2C[C@](O)(COCc3ccccn3)CC1N2C(C)(C)C. The van der Waals surface area contributed by atoms with Crippen molar-refractivity contribution < 1.29 is 9.84 Å². The molecule has 1 aromatic heterocycles. The van der Waals surface area contributed by atoms with Gasteiger partial charge in [-0.15, -0.1) is 0 Å². The van der Waals surface area contributed by atoms with E-state index in [1.165, 1.54) is 6.42 Å². The maximum absolute atomic E-state index is 11.1. The van der Waals surface area contributed by atoms with E-state index in [9.17, 15) is 5.11 Å². The zero-order chi connectivity index (χ0) is 16.7. The van der Waals surface area contributed by atoms with Crippen molar-refractivity contribution in [3.8, 4) is 0 Å².